The molecule has 1 aliphatic rings. The summed E-state index contributed by atoms with van der Waals surface area (Å²) in [7, 11) is 0. The molecule has 0 radical (unpaired) electrons. The predicted octanol–water partition coefficient (Wildman–Crippen LogP) is -0.659. The van der Waals surface area contributed by atoms with Crippen LogP contribution >= 0.6 is 11.6 Å². The third kappa shape index (κ3) is 0.972. The standard InChI is InChI=1S/C6H6ClNO4/c1-2(9)6(7)3(5(11)12)4(10)8-6/h3H,1H3,(H,8,10)(H,11,12). The summed E-state index contributed by atoms with van der Waals surface area (Å²) in [5.41, 5.74) is 0. The lowest BCUT2D eigenvalue weighted by atomic mass is 9.87. The molecule has 5 nitrogen and oxygen atoms in total. The zero-order valence-corrected chi connectivity index (χ0v) is 6.88. The molecule has 1 rings (SSSR count). The summed E-state index contributed by atoms with van der Waals surface area (Å²) in [5, 5.41) is 10.5. The van der Waals surface area contributed by atoms with E-state index in [0.29, 0.717) is 0 Å². The van der Waals surface area contributed by atoms with Crippen molar-refractivity contribution < 1.29 is 19.5 Å². The van der Waals surface area contributed by atoms with Gasteiger partial charge in [-0.3, -0.25) is 14.4 Å². The van der Waals surface area contributed by atoms with Crippen molar-refractivity contribution in [3.8, 4) is 0 Å². The summed E-state index contributed by atoms with van der Waals surface area (Å²) in [5.74, 6) is -4.15. The summed E-state index contributed by atoms with van der Waals surface area (Å²) in [4.78, 5) is 30.1. The number of carbonyl (C=O) groups is 3. The molecule has 0 saturated carbocycles. The van der Waals surface area contributed by atoms with Crippen molar-refractivity contribution in [3.63, 3.8) is 0 Å². The van der Waals surface area contributed by atoms with Gasteiger partial charge >= 0.3 is 5.97 Å². The Morgan fingerprint density at radius 3 is 2.33 bits per heavy atom. The number of Topliss-reactive ketones (excluding diaryl/α,β-unsaturated/α-hetero) is 1. The fraction of sp³-hybridized carbons (Fsp3) is 0.500. The van der Waals surface area contributed by atoms with E-state index in [0.717, 1.165) is 6.92 Å². The smallest absolute Gasteiger partial charge is 0.320 e. The first-order valence-corrected chi connectivity index (χ1v) is 3.52. The normalized spacial score (nSPS) is 33.5. The molecular formula is C6H6ClNO4. The molecule has 2 atom stereocenters. The molecule has 0 aromatic rings. The number of carbonyl (C=O) groups excluding carboxylic acids is 2. The number of halogens is 1. The molecule has 0 aromatic heterocycles. The van der Waals surface area contributed by atoms with Crippen molar-refractivity contribution in [1.82, 2.24) is 5.32 Å². The number of carboxylic acids is 1. The van der Waals surface area contributed by atoms with Gasteiger partial charge in [0.15, 0.2) is 16.7 Å². The fourth-order valence-corrected chi connectivity index (χ4v) is 1.29. The van der Waals surface area contributed by atoms with Crippen molar-refractivity contribution in [3.05, 3.63) is 0 Å². The van der Waals surface area contributed by atoms with Crippen molar-refractivity contribution in [1.29, 1.82) is 0 Å². The van der Waals surface area contributed by atoms with Gasteiger partial charge in [0, 0.05) is 0 Å². The molecule has 1 amide bonds. The SMILES string of the molecule is CC(=O)C1(Cl)NC(=O)C1C(=O)O. The number of amides is 1. The average molecular weight is 192 g/mol. The minimum absolute atomic E-state index is 0.573. The highest BCUT2D eigenvalue weighted by atomic mass is 35.5. The van der Waals surface area contributed by atoms with Crippen LogP contribution in [0.15, 0.2) is 0 Å². The van der Waals surface area contributed by atoms with Gasteiger partial charge in [0.2, 0.25) is 5.91 Å². The first-order chi connectivity index (χ1) is 5.39. The van der Waals surface area contributed by atoms with Crippen LogP contribution in [0, 0.1) is 5.92 Å². The van der Waals surface area contributed by atoms with Gasteiger partial charge in [0.1, 0.15) is 0 Å². The summed E-state index contributed by atoms with van der Waals surface area (Å²) in [6.07, 6.45) is 0. The number of hydrogen-bond acceptors (Lipinski definition) is 3. The van der Waals surface area contributed by atoms with Crippen LogP contribution in [0.2, 0.25) is 0 Å². The molecule has 0 aliphatic carbocycles. The first-order valence-electron chi connectivity index (χ1n) is 3.14. The summed E-state index contributed by atoms with van der Waals surface area (Å²) < 4.78 is 0. The Morgan fingerprint density at radius 2 is 2.17 bits per heavy atom. The number of carboxylic acid groups (broad SMARTS) is 1. The summed E-state index contributed by atoms with van der Waals surface area (Å²) in [6, 6.07) is 0. The van der Waals surface area contributed by atoms with Gasteiger partial charge in [-0.1, -0.05) is 11.6 Å². The Balaban J connectivity index is 2.91. The lowest BCUT2D eigenvalue weighted by Gasteiger charge is -2.39. The van der Waals surface area contributed by atoms with Crippen LogP contribution in [0.5, 0.6) is 0 Å². The third-order valence-electron chi connectivity index (χ3n) is 1.72. The number of aliphatic carboxylic acids is 1. The van der Waals surface area contributed by atoms with E-state index in [2.05, 4.69) is 0 Å². The van der Waals surface area contributed by atoms with E-state index in [1.165, 1.54) is 0 Å². The second-order valence-electron chi connectivity index (χ2n) is 2.53. The van der Waals surface area contributed by atoms with Crippen LogP contribution < -0.4 is 5.32 Å². The molecule has 0 aromatic carbocycles. The maximum Gasteiger partial charge on any atom is 0.320 e. The number of β-lactam (4-membered cyclic amide) rings is 1. The minimum atomic E-state index is -1.73. The molecule has 1 heterocycles. The number of ketones is 1. The zero-order valence-electron chi connectivity index (χ0n) is 6.13. The molecule has 1 fully saturated rings. The van der Waals surface area contributed by atoms with Crippen molar-refractivity contribution in [2.45, 2.75) is 11.9 Å². The maximum atomic E-state index is 10.8. The quantitative estimate of drug-likeness (QED) is 0.263. The van der Waals surface area contributed by atoms with Crippen LogP contribution in [0.4, 0.5) is 0 Å². The van der Waals surface area contributed by atoms with E-state index in [1.54, 1.807) is 0 Å². The topological polar surface area (TPSA) is 83.5 Å². The number of nitrogens with one attached hydrogen (secondary N) is 1. The first kappa shape index (κ1) is 8.99. The van der Waals surface area contributed by atoms with Gasteiger partial charge in [0.05, 0.1) is 0 Å². The van der Waals surface area contributed by atoms with E-state index >= 15 is 0 Å². The van der Waals surface area contributed by atoms with E-state index in [1.807, 2.05) is 5.32 Å². The highest BCUT2D eigenvalue weighted by molar-refractivity contribution is 6.42. The second kappa shape index (κ2) is 2.45. The second-order valence-corrected chi connectivity index (χ2v) is 3.12. The van der Waals surface area contributed by atoms with Crippen LogP contribution in [-0.4, -0.2) is 27.8 Å². The number of alkyl halides is 1. The zero-order chi connectivity index (χ0) is 9.52. The van der Waals surface area contributed by atoms with Crippen LogP contribution in [0.1, 0.15) is 6.92 Å². The van der Waals surface area contributed by atoms with Gasteiger partial charge < -0.3 is 10.4 Å². The largest absolute Gasteiger partial charge is 0.481 e. The van der Waals surface area contributed by atoms with Gasteiger partial charge in [-0.15, -0.1) is 0 Å². The monoisotopic (exact) mass is 191 g/mol. The molecular weight excluding hydrogens is 186 g/mol. The Kier molecular flexibility index (Phi) is 1.83. The Hall–Kier alpha value is -1.10. The summed E-state index contributed by atoms with van der Waals surface area (Å²) in [6.45, 7) is 1.13. The van der Waals surface area contributed by atoms with Gasteiger partial charge in [-0.05, 0) is 6.92 Å². The third-order valence-corrected chi connectivity index (χ3v) is 2.30. The number of rotatable bonds is 2. The van der Waals surface area contributed by atoms with Gasteiger partial charge in [0.25, 0.3) is 0 Å². The minimum Gasteiger partial charge on any atom is -0.481 e. The van der Waals surface area contributed by atoms with Crippen molar-refractivity contribution in [2.75, 3.05) is 0 Å². The molecule has 2 unspecified atom stereocenters. The van der Waals surface area contributed by atoms with Crippen molar-refractivity contribution >= 4 is 29.3 Å². The van der Waals surface area contributed by atoms with Gasteiger partial charge in [-0.25, -0.2) is 0 Å². The van der Waals surface area contributed by atoms with Crippen LogP contribution in [0.3, 0.4) is 0 Å². The molecule has 12 heavy (non-hydrogen) atoms. The van der Waals surface area contributed by atoms with E-state index in [4.69, 9.17) is 16.7 Å². The molecule has 0 bridgehead atoms. The molecule has 1 saturated heterocycles. The molecule has 1 aliphatic heterocycles. The van der Waals surface area contributed by atoms with Crippen LogP contribution in [-0.2, 0) is 14.4 Å². The summed E-state index contributed by atoms with van der Waals surface area (Å²) >= 11 is 5.54. The van der Waals surface area contributed by atoms with Gasteiger partial charge in [-0.2, -0.15) is 0 Å². The lowest BCUT2D eigenvalue weighted by Crippen LogP contribution is -2.71. The highest BCUT2D eigenvalue weighted by Gasteiger charge is 2.60. The van der Waals surface area contributed by atoms with Crippen molar-refractivity contribution in [2.24, 2.45) is 5.92 Å². The van der Waals surface area contributed by atoms with Crippen LogP contribution in [0.25, 0.3) is 0 Å². The highest BCUT2D eigenvalue weighted by Crippen LogP contribution is 2.32. The van der Waals surface area contributed by atoms with E-state index in [-0.39, 0.29) is 0 Å². The lowest BCUT2D eigenvalue weighted by molar-refractivity contribution is -0.160. The molecule has 2 N–H and O–H groups in total. The molecule has 6 heteroatoms. The molecule has 0 spiro atoms. The average Bonchev–Trinajstić information content (AvgIpc) is 1.83. The Morgan fingerprint density at radius 1 is 1.67 bits per heavy atom. The Bertz CT molecular complexity index is 269. The predicted molar refractivity (Wildman–Crippen MR) is 38.5 cm³/mol. The number of hydrogen-bond donors (Lipinski definition) is 2. The fourth-order valence-electron chi connectivity index (χ4n) is 1.00. The van der Waals surface area contributed by atoms with E-state index < -0.39 is 28.6 Å². The Labute approximate surface area is 72.7 Å². The van der Waals surface area contributed by atoms with E-state index in [9.17, 15) is 14.4 Å². The maximum absolute atomic E-state index is 10.8. The molecule has 66 valence electrons.